The summed E-state index contributed by atoms with van der Waals surface area (Å²) in [6, 6.07) is 4.64. The van der Waals surface area contributed by atoms with Crippen LogP contribution in [0.3, 0.4) is 0 Å². The Labute approximate surface area is 130 Å². The molecule has 6 nitrogen and oxygen atoms in total. The molecule has 0 atom stereocenters. The van der Waals surface area contributed by atoms with Gasteiger partial charge in [-0.15, -0.1) is 0 Å². The first-order valence-corrected chi connectivity index (χ1v) is 7.17. The van der Waals surface area contributed by atoms with E-state index in [-0.39, 0.29) is 11.8 Å². The third-order valence-corrected chi connectivity index (χ3v) is 4.04. The van der Waals surface area contributed by atoms with Crippen molar-refractivity contribution in [2.75, 3.05) is 18.1 Å². The Balaban J connectivity index is 2.28. The van der Waals surface area contributed by atoms with Crippen molar-refractivity contribution in [3.63, 3.8) is 0 Å². The molecular weight excluding hydrogens is 312 g/mol. The molecule has 1 heterocycles. The van der Waals surface area contributed by atoms with Crippen molar-refractivity contribution in [2.45, 2.75) is 6.92 Å². The van der Waals surface area contributed by atoms with E-state index in [1.54, 1.807) is 19.1 Å². The van der Waals surface area contributed by atoms with E-state index < -0.39 is 0 Å². The smallest absolute Gasteiger partial charge is 0.267 e. The Kier molecular flexibility index (Phi) is 4.44. The number of carbonyl (C=O) groups excluding carboxylic acids is 2. The number of nitrogens with two attached hydrogens (primary N) is 1. The van der Waals surface area contributed by atoms with Gasteiger partial charge in [-0.25, -0.2) is 4.98 Å². The third kappa shape index (κ3) is 3.32. The van der Waals surface area contributed by atoms with Gasteiger partial charge in [0.1, 0.15) is 4.88 Å². The number of nitrogens with zero attached hydrogens (tertiary/aromatic N) is 1. The maximum Gasteiger partial charge on any atom is 0.267 e. The van der Waals surface area contributed by atoms with Crippen LogP contribution in [0.25, 0.3) is 0 Å². The number of aromatic nitrogens is 1. The first-order chi connectivity index (χ1) is 9.92. The van der Waals surface area contributed by atoms with Crippen molar-refractivity contribution < 1.29 is 9.59 Å². The highest BCUT2D eigenvalue weighted by atomic mass is 35.5. The highest BCUT2D eigenvalue weighted by Crippen LogP contribution is 2.26. The van der Waals surface area contributed by atoms with Crippen molar-refractivity contribution in [2.24, 2.45) is 0 Å². The molecule has 1 aromatic heterocycles. The van der Waals surface area contributed by atoms with Crippen molar-refractivity contribution in [3.8, 4) is 0 Å². The summed E-state index contributed by atoms with van der Waals surface area (Å²) in [5.41, 5.74) is 6.88. The summed E-state index contributed by atoms with van der Waals surface area (Å²) >= 11 is 7.13. The lowest BCUT2D eigenvalue weighted by molar-refractivity contribution is 0.0961. The average Bonchev–Trinajstić information content (AvgIpc) is 2.79. The highest BCUT2D eigenvalue weighted by molar-refractivity contribution is 7.17. The fraction of sp³-hybridized carbons (Fsp3) is 0.154. The van der Waals surface area contributed by atoms with E-state index in [9.17, 15) is 9.59 Å². The van der Waals surface area contributed by atoms with Crippen LogP contribution < -0.4 is 16.4 Å². The molecule has 110 valence electrons. The largest absolute Gasteiger partial charge is 0.375 e. The molecule has 0 aliphatic rings. The van der Waals surface area contributed by atoms with Crippen LogP contribution in [0.4, 0.5) is 10.8 Å². The number of anilines is 2. The number of amides is 2. The summed E-state index contributed by atoms with van der Waals surface area (Å²) in [6.07, 6.45) is 0. The number of carbonyl (C=O) groups is 2. The molecule has 0 radical (unpaired) electrons. The van der Waals surface area contributed by atoms with E-state index in [1.807, 2.05) is 0 Å². The molecule has 8 heteroatoms. The summed E-state index contributed by atoms with van der Waals surface area (Å²) in [5, 5.41) is 5.83. The number of halogens is 1. The molecule has 1 aromatic carbocycles. The van der Waals surface area contributed by atoms with Crippen molar-refractivity contribution in [1.29, 1.82) is 0 Å². The van der Waals surface area contributed by atoms with E-state index in [1.165, 1.54) is 13.1 Å². The zero-order valence-electron chi connectivity index (χ0n) is 11.4. The number of thiazole rings is 1. The maximum absolute atomic E-state index is 12.2. The number of benzene rings is 1. The number of rotatable bonds is 3. The minimum Gasteiger partial charge on any atom is -0.375 e. The van der Waals surface area contributed by atoms with Gasteiger partial charge < -0.3 is 16.4 Å². The number of hydrogen-bond donors (Lipinski definition) is 3. The Morgan fingerprint density at radius 2 is 2.05 bits per heavy atom. The average molecular weight is 325 g/mol. The SMILES string of the molecule is CNC(=O)c1ccc(Cl)c(NC(=O)c2sc(N)nc2C)c1. The molecule has 0 bridgehead atoms. The standard InChI is InChI=1S/C13H13ClN4O2S/c1-6-10(21-13(15)17-6)12(20)18-9-5-7(11(19)16-2)3-4-8(9)14/h3-5H,1-2H3,(H2,15,17)(H,16,19)(H,18,20). The second kappa shape index (κ2) is 6.11. The fourth-order valence-corrected chi connectivity index (χ4v) is 2.61. The monoisotopic (exact) mass is 324 g/mol. The molecule has 0 unspecified atom stereocenters. The molecule has 2 rings (SSSR count). The molecule has 0 saturated heterocycles. The molecular formula is C13H13ClN4O2S. The number of aryl methyl sites for hydroxylation is 1. The second-order valence-corrected chi connectivity index (χ2v) is 5.63. The van der Waals surface area contributed by atoms with Crippen LogP contribution in [-0.4, -0.2) is 23.8 Å². The van der Waals surface area contributed by atoms with Gasteiger partial charge in [0.15, 0.2) is 5.13 Å². The number of nitrogens with one attached hydrogen (secondary N) is 2. The first kappa shape index (κ1) is 15.3. The van der Waals surface area contributed by atoms with Crippen LogP contribution in [0.1, 0.15) is 25.7 Å². The van der Waals surface area contributed by atoms with Gasteiger partial charge in [-0.2, -0.15) is 0 Å². The first-order valence-electron chi connectivity index (χ1n) is 5.98. The predicted molar refractivity (Wildman–Crippen MR) is 84.1 cm³/mol. The zero-order valence-corrected chi connectivity index (χ0v) is 12.9. The van der Waals surface area contributed by atoms with E-state index in [4.69, 9.17) is 17.3 Å². The van der Waals surface area contributed by atoms with Crippen LogP contribution in [0.2, 0.25) is 5.02 Å². The van der Waals surface area contributed by atoms with E-state index in [2.05, 4.69) is 15.6 Å². The second-order valence-electron chi connectivity index (χ2n) is 4.19. The molecule has 2 amide bonds. The Morgan fingerprint density at radius 3 is 2.62 bits per heavy atom. The van der Waals surface area contributed by atoms with Crippen molar-refractivity contribution in [1.82, 2.24) is 10.3 Å². The number of hydrogen-bond acceptors (Lipinski definition) is 5. The molecule has 4 N–H and O–H groups in total. The van der Waals surface area contributed by atoms with Crippen LogP contribution >= 0.6 is 22.9 Å². The van der Waals surface area contributed by atoms with Gasteiger partial charge in [0.05, 0.1) is 16.4 Å². The predicted octanol–water partition coefficient (Wildman–Crippen LogP) is 2.30. The lowest BCUT2D eigenvalue weighted by Gasteiger charge is -2.08. The summed E-state index contributed by atoms with van der Waals surface area (Å²) < 4.78 is 0. The van der Waals surface area contributed by atoms with Crippen LogP contribution in [-0.2, 0) is 0 Å². The summed E-state index contributed by atoms with van der Waals surface area (Å²) in [5.74, 6) is -0.627. The molecule has 21 heavy (non-hydrogen) atoms. The minimum atomic E-state index is -0.363. The summed E-state index contributed by atoms with van der Waals surface area (Å²) in [4.78, 5) is 28.2. The van der Waals surface area contributed by atoms with Gasteiger partial charge in [-0.1, -0.05) is 22.9 Å². The topological polar surface area (TPSA) is 97.1 Å². The molecule has 0 aliphatic heterocycles. The van der Waals surface area contributed by atoms with Gasteiger partial charge >= 0.3 is 0 Å². The van der Waals surface area contributed by atoms with Crippen LogP contribution in [0, 0.1) is 6.92 Å². The lowest BCUT2D eigenvalue weighted by atomic mass is 10.2. The Morgan fingerprint density at radius 1 is 1.33 bits per heavy atom. The van der Waals surface area contributed by atoms with Gasteiger partial charge in [0.25, 0.3) is 11.8 Å². The minimum absolute atomic E-state index is 0.264. The van der Waals surface area contributed by atoms with Gasteiger partial charge in [-0.05, 0) is 25.1 Å². The van der Waals surface area contributed by atoms with Gasteiger partial charge in [-0.3, -0.25) is 9.59 Å². The van der Waals surface area contributed by atoms with Gasteiger partial charge in [0.2, 0.25) is 0 Å². The molecule has 0 aliphatic carbocycles. The summed E-state index contributed by atoms with van der Waals surface area (Å²) in [6.45, 7) is 1.70. The maximum atomic E-state index is 12.2. The molecule has 0 fully saturated rings. The van der Waals surface area contributed by atoms with Crippen molar-refractivity contribution in [3.05, 3.63) is 39.4 Å². The molecule has 2 aromatic rings. The quantitative estimate of drug-likeness (QED) is 0.807. The third-order valence-electron chi connectivity index (χ3n) is 2.72. The van der Waals surface area contributed by atoms with Gasteiger partial charge in [0, 0.05) is 12.6 Å². The molecule has 0 saturated carbocycles. The highest BCUT2D eigenvalue weighted by Gasteiger charge is 2.16. The fourth-order valence-electron chi connectivity index (χ4n) is 1.71. The van der Waals surface area contributed by atoms with E-state index >= 15 is 0 Å². The summed E-state index contributed by atoms with van der Waals surface area (Å²) in [7, 11) is 1.53. The normalized spacial score (nSPS) is 10.2. The van der Waals surface area contributed by atoms with E-state index in [0.717, 1.165) is 11.3 Å². The number of nitrogen functional groups attached to an aromatic ring is 1. The Hall–Kier alpha value is -2.12. The van der Waals surface area contributed by atoms with Crippen LogP contribution in [0.5, 0.6) is 0 Å². The Bertz CT molecular complexity index is 714. The van der Waals surface area contributed by atoms with Crippen LogP contribution in [0.15, 0.2) is 18.2 Å². The lowest BCUT2D eigenvalue weighted by Crippen LogP contribution is -2.18. The van der Waals surface area contributed by atoms with E-state index in [0.29, 0.717) is 32.0 Å². The zero-order chi connectivity index (χ0) is 15.6. The van der Waals surface area contributed by atoms with Crippen molar-refractivity contribution >= 4 is 45.6 Å². The molecule has 0 spiro atoms.